The molecule has 1 saturated heterocycles. The van der Waals surface area contributed by atoms with Crippen LogP contribution in [0.4, 0.5) is 4.79 Å². The maximum Gasteiger partial charge on any atom is 0.329 e. The number of aliphatic carboxylic acids is 1. The zero-order valence-electron chi connectivity index (χ0n) is 11.1. The van der Waals surface area contributed by atoms with E-state index in [1.165, 1.54) is 0 Å². The number of ether oxygens (including phenoxy) is 1. The number of nitrogens with one attached hydrogen (secondary N) is 2. The molecule has 1 saturated carbocycles. The molecule has 2 aliphatic rings. The molecule has 19 heavy (non-hydrogen) atoms. The standard InChI is InChI=1S/C12H21N3O4/c1-15-5-6-19-9(8-15)7-13-11(18)14-12(10(16)17)3-2-4-12/h9H,2-8H2,1H3,(H,16,17)(H2,13,14,18). The van der Waals surface area contributed by atoms with Gasteiger partial charge in [0.25, 0.3) is 0 Å². The molecule has 2 fully saturated rings. The van der Waals surface area contributed by atoms with Crippen molar-refractivity contribution >= 4 is 12.0 Å². The number of carbonyl (C=O) groups excluding carboxylic acids is 1. The Kier molecular flexibility index (Phi) is 4.26. The molecular formula is C12H21N3O4. The lowest BCUT2D eigenvalue weighted by atomic mass is 9.77. The van der Waals surface area contributed by atoms with Crippen LogP contribution in [0.25, 0.3) is 0 Å². The van der Waals surface area contributed by atoms with E-state index in [0.717, 1.165) is 19.5 Å². The van der Waals surface area contributed by atoms with Crippen molar-refractivity contribution in [3.8, 4) is 0 Å². The summed E-state index contributed by atoms with van der Waals surface area (Å²) >= 11 is 0. The third kappa shape index (κ3) is 3.36. The van der Waals surface area contributed by atoms with Crippen LogP contribution >= 0.6 is 0 Å². The fraction of sp³-hybridized carbons (Fsp3) is 0.833. The van der Waals surface area contributed by atoms with Gasteiger partial charge in [0.1, 0.15) is 5.54 Å². The van der Waals surface area contributed by atoms with Crippen LogP contribution in [-0.4, -0.2) is 66.9 Å². The number of urea groups is 1. The minimum Gasteiger partial charge on any atom is -0.480 e. The molecule has 0 aromatic heterocycles. The summed E-state index contributed by atoms with van der Waals surface area (Å²) in [6, 6.07) is -0.432. The lowest BCUT2D eigenvalue weighted by molar-refractivity contribution is -0.148. The van der Waals surface area contributed by atoms with Gasteiger partial charge in [0, 0.05) is 19.6 Å². The Morgan fingerprint density at radius 1 is 1.47 bits per heavy atom. The molecule has 1 heterocycles. The predicted molar refractivity (Wildman–Crippen MR) is 68.0 cm³/mol. The van der Waals surface area contributed by atoms with E-state index < -0.39 is 17.5 Å². The number of hydrogen-bond donors (Lipinski definition) is 3. The van der Waals surface area contributed by atoms with E-state index in [-0.39, 0.29) is 6.10 Å². The summed E-state index contributed by atoms with van der Waals surface area (Å²) in [6.45, 7) is 2.71. The fourth-order valence-electron chi connectivity index (χ4n) is 2.38. The summed E-state index contributed by atoms with van der Waals surface area (Å²) in [5.74, 6) is -0.956. The van der Waals surface area contributed by atoms with E-state index in [9.17, 15) is 9.59 Å². The zero-order valence-corrected chi connectivity index (χ0v) is 11.1. The first-order valence-electron chi connectivity index (χ1n) is 6.61. The second-order valence-electron chi connectivity index (χ2n) is 5.33. The average molecular weight is 271 g/mol. The molecule has 1 atom stereocenters. The summed E-state index contributed by atoms with van der Waals surface area (Å²) in [4.78, 5) is 25.0. The Morgan fingerprint density at radius 2 is 2.21 bits per heavy atom. The van der Waals surface area contributed by atoms with E-state index in [2.05, 4.69) is 15.5 Å². The Morgan fingerprint density at radius 3 is 2.74 bits per heavy atom. The zero-order chi connectivity index (χ0) is 13.9. The molecule has 2 amide bonds. The average Bonchev–Trinajstić information content (AvgIpc) is 2.31. The van der Waals surface area contributed by atoms with Gasteiger partial charge in [0.2, 0.25) is 0 Å². The summed E-state index contributed by atoms with van der Waals surface area (Å²) in [5.41, 5.74) is -1.06. The van der Waals surface area contributed by atoms with Gasteiger partial charge in [-0.25, -0.2) is 9.59 Å². The molecule has 3 N–H and O–H groups in total. The first-order chi connectivity index (χ1) is 9.02. The lowest BCUT2D eigenvalue weighted by Crippen LogP contribution is -2.61. The highest BCUT2D eigenvalue weighted by Gasteiger charge is 2.45. The lowest BCUT2D eigenvalue weighted by Gasteiger charge is -2.38. The number of amides is 2. The first-order valence-corrected chi connectivity index (χ1v) is 6.61. The van der Waals surface area contributed by atoms with Gasteiger partial charge in [-0.3, -0.25) is 0 Å². The van der Waals surface area contributed by atoms with Crippen LogP contribution in [0.3, 0.4) is 0 Å². The number of likely N-dealkylation sites (N-methyl/N-ethyl adjacent to an activating group) is 1. The number of carboxylic acid groups (broad SMARTS) is 1. The molecule has 0 aromatic carbocycles. The molecule has 1 aliphatic carbocycles. The van der Waals surface area contributed by atoms with Crippen molar-refractivity contribution in [2.45, 2.75) is 30.9 Å². The molecule has 1 unspecified atom stereocenters. The monoisotopic (exact) mass is 271 g/mol. The largest absolute Gasteiger partial charge is 0.480 e. The van der Waals surface area contributed by atoms with E-state index in [4.69, 9.17) is 9.84 Å². The molecule has 0 radical (unpaired) electrons. The van der Waals surface area contributed by atoms with Gasteiger partial charge in [-0.1, -0.05) is 0 Å². The van der Waals surface area contributed by atoms with Crippen LogP contribution in [0.5, 0.6) is 0 Å². The van der Waals surface area contributed by atoms with Crippen molar-refractivity contribution in [1.82, 2.24) is 15.5 Å². The highest BCUT2D eigenvalue weighted by atomic mass is 16.5. The molecule has 2 rings (SSSR count). The number of carboxylic acids is 1. The number of carbonyl (C=O) groups is 2. The smallest absolute Gasteiger partial charge is 0.329 e. The normalized spacial score (nSPS) is 26.3. The molecule has 108 valence electrons. The quantitative estimate of drug-likeness (QED) is 0.648. The van der Waals surface area contributed by atoms with Gasteiger partial charge in [0.15, 0.2) is 0 Å². The Hall–Kier alpha value is -1.34. The van der Waals surface area contributed by atoms with Crippen molar-refractivity contribution in [1.29, 1.82) is 0 Å². The van der Waals surface area contributed by atoms with Gasteiger partial charge in [0.05, 0.1) is 12.7 Å². The minimum absolute atomic E-state index is 0.0355. The van der Waals surface area contributed by atoms with Crippen LogP contribution in [0.15, 0.2) is 0 Å². The predicted octanol–water partition coefficient (Wildman–Crippen LogP) is -0.376. The van der Waals surface area contributed by atoms with Crippen molar-refractivity contribution in [2.24, 2.45) is 0 Å². The van der Waals surface area contributed by atoms with Crippen LogP contribution in [0, 0.1) is 0 Å². The van der Waals surface area contributed by atoms with Crippen molar-refractivity contribution in [3.63, 3.8) is 0 Å². The van der Waals surface area contributed by atoms with Gasteiger partial charge in [-0.05, 0) is 26.3 Å². The second kappa shape index (κ2) is 5.75. The van der Waals surface area contributed by atoms with Crippen molar-refractivity contribution in [3.05, 3.63) is 0 Å². The van der Waals surface area contributed by atoms with E-state index in [1.54, 1.807) is 0 Å². The molecular weight excluding hydrogens is 250 g/mol. The highest BCUT2D eigenvalue weighted by Crippen LogP contribution is 2.31. The van der Waals surface area contributed by atoms with Gasteiger partial charge in [-0.2, -0.15) is 0 Å². The molecule has 7 heteroatoms. The van der Waals surface area contributed by atoms with Gasteiger partial charge >= 0.3 is 12.0 Å². The number of hydrogen-bond acceptors (Lipinski definition) is 4. The Bertz CT molecular complexity index is 357. The van der Waals surface area contributed by atoms with E-state index in [0.29, 0.717) is 26.0 Å². The fourth-order valence-corrected chi connectivity index (χ4v) is 2.38. The third-order valence-electron chi connectivity index (χ3n) is 3.80. The van der Waals surface area contributed by atoms with Crippen LogP contribution in [0.1, 0.15) is 19.3 Å². The minimum atomic E-state index is -1.06. The molecule has 0 spiro atoms. The highest BCUT2D eigenvalue weighted by molar-refractivity contribution is 5.87. The third-order valence-corrected chi connectivity index (χ3v) is 3.80. The first kappa shape index (κ1) is 14.1. The second-order valence-corrected chi connectivity index (χ2v) is 5.33. The molecule has 0 aromatic rings. The van der Waals surface area contributed by atoms with Crippen molar-refractivity contribution < 1.29 is 19.4 Å². The Balaban J connectivity index is 1.74. The summed E-state index contributed by atoms with van der Waals surface area (Å²) < 4.78 is 5.52. The molecule has 0 bridgehead atoms. The number of rotatable bonds is 4. The maximum atomic E-state index is 11.7. The van der Waals surface area contributed by atoms with Crippen LogP contribution in [0.2, 0.25) is 0 Å². The topological polar surface area (TPSA) is 90.9 Å². The Labute approximate surface area is 112 Å². The van der Waals surface area contributed by atoms with Crippen LogP contribution < -0.4 is 10.6 Å². The number of nitrogens with zero attached hydrogens (tertiary/aromatic N) is 1. The summed E-state index contributed by atoms with van der Waals surface area (Å²) in [6.07, 6.45) is 1.80. The van der Waals surface area contributed by atoms with Crippen LogP contribution in [-0.2, 0) is 9.53 Å². The van der Waals surface area contributed by atoms with Gasteiger partial charge < -0.3 is 25.4 Å². The molecule has 7 nitrogen and oxygen atoms in total. The molecule has 1 aliphatic heterocycles. The summed E-state index contributed by atoms with van der Waals surface area (Å²) in [7, 11) is 2.00. The van der Waals surface area contributed by atoms with E-state index in [1.807, 2.05) is 7.05 Å². The summed E-state index contributed by atoms with van der Waals surface area (Å²) in [5, 5.41) is 14.4. The maximum absolute atomic E-state index is 11.7. The van der Waals surface area contributed by atoms with Gasteiger partial charge in [-0.15, -0.1) is 0 Å². The number of morpholine rings is 1. The SMILES string of the molecule is CN1CCOC(CNC(=O)NC2(C(=O)O)CCC2)C1. The van der Waals surface area contributed by atoms with E-state index >= 15 is 0 Å². The van der Waals surface area contributed by atoms with Crippen molar-refractivity contribution in [2.75, 3.05) is 33.3 Å².